The zero-order valence-electron chi connectivity index (χ0n) is 13.6. The largest absolute Gasteiger partial charge is 0.462 e. The number of nitriles is 1. The minimum atomic E-state index is -0.944. The highest BCUT2D eigenvalue weighted by Gasteiger charge is 2.28. The molecule has 3 aromatic rings. The molecule has 1 aromatic carbocycles. The van der Waals surface area contributed by atoms with Crippen LogP contribution < -0.4 is 0 Å². The lowest BCUT2D eigenvalue weighted by atomic mass is 10.0. The summed E-state index contributed by atoms with van der Waals surface area (Å²) in [6.45, 7) is 1.92. The van der Waals surface area contributed by atoms with E-state index in [9.17, 15) is 10.1 Å². The number of benzene rings is 1. The molecule has 0 aliphatic heterocycles. The van der Waals surface area contributed by atoms with Gasteiger partial charge >= 0.3 is 5.97 Å². The molecule has 0 fully saturated rings. The Bertz CT molecular complexity index is 931. The number of hydrogen-bond acceptors (Lipinski definition) is 8. The lowest BCUT2D eigenvalue weighted by Gasteiger charge is -2.11. The van der Waals surface area contributed by atoms with E-state index in [2.05, 4.69) is 21.0 Å². The zero-order chi connectivity index (χ0) is 17.8. The van der Waals surface area contributed by atoms with Crippen LogP contribution in [-0.4, -0.2) is 33.8 Å². The van der Waals surface area contributed by atoms with Crippen molar-refractivity contribution in [3.63, 3.8) is 0 Å². The number of para-hydroxylation sites is 2. The molecule has 0 saturated heterocycles. The van der Waals surface area contributed by atoms with Crippen molar-refractivity contribution in [1.82, 2.24) is 15.0 Å². The van der Waals surface area contributed by atoms with Crippen LogP contribution in [0.5, 0.6) is 0 Å². The Labute approximate surface area is 148 Å². The maximum atomic E-state index is 12.2. The highest BCUT2D eigenvalue weighted by atomic mass is 32.2. The Morgan fingerprint density at radius 1 is 1.40 bits per heavy atom. The van der Waals surface area contributed by atoms with E-state index >= 15 is 0 Å². The first-order valence-electron chi connectivity index (χ1n) is 7.51. The Kier molecular flexibility index (Phi) is 4.95. The number of rotatable bonds is 5. The zero-order valence-corrected chi connectivity index (χ0v) is 14.4. The minimum absolute atomic E-state index is 0.133. The number of ether oxygens (including phenoxy) is 1. The van der Waals surface area contributed by atoms with Crippen LogP contribution in [0, 0.1) is 11.3 Å². The van der Waals surface area contributed by atoms with E-state index in [4.69, 9.17) is 9.15 Å². The number of fused-ring (bicyclic) bond motifs is 1. The van der Waals surface area contributed by atoms with E-state index in [0.29, 0.717) is 16.3 Å². The number of aromatic nitrogens is 3. The SMILES string of the molecule is CCOC(=O)c1cnc(SC)nc1C(C#N)c1nc2ccccc2o1. The molecule has 126 valence electrons. The fourth-order valence-electron chi connectivity index (χ4n) is 2.31. The van der Waals surface area contributed by atoms with Crippen LogP contribution in [0.4, 0.5) is 0 Å². The average Bonchev–Trinajstić information content (AvgIpc) is 3.06. The molecule has 25 heavy (non-hydrogen) atoms. The van der Waals surface area contributed by atoms with Crippen LogP contribution in [0.2, 0.25) is 0 Å². The molecular weight excluding hydrogens is 340 g/mol. The fraction of sp³-hybridized carbons (Fsp3) is 0.235. The summed E-state index contributed by atoms with van der Waals surface area (Å²) in [4.78, 5) is 25.0. The van der Waals surface area contributed by atoms with Gasteiger partial charge < -0.3 is 9.15 Å². The summed E-state index contributed by atoms with van der Waals surface area (Å²) >= 11 is 1.31. The van der Waals surface area contributed by atoms with E-state index < -0.39 is 11.9 Å². The van der Waals surface area contributed by atoms with Crippen molar-refractivity contribution in [3.05, 3.63) is 47.6 Å². The van der Waals surface area contributed by atoms with Crippen molar-refractivity contribution in [3.8, 4) is 6.07 Å². The van der Waals surface area contributed by atoms with Crippen molar-refractivity contribution >= 4 is 28.8 Å². The molecule has 2 heterocycles. The second kappa shape index (κ2) is 7.32. The smallest absolute Gasteiger partial charge is 0.341 e. The van der Waals surface area contributed by atoms with E-state index in [1.807, 2.05) is 18.4 Å². The van der Waals surface area contributed by atoms with E-state index in [0.717, 1.165) is 0 Å². The van der Waals surface area contributed by atoms with Crippen LogP contribution >= 0.6 is 11.8 Å². The molecule has 0 radical (unpaired) electrons. The summed E-state index contributed by atoms with van der Waals surface area (Å²) in [6, 6.07) is 9.32. The number of carbonyl (C=O) groups is 1. The van der Waals surface area contributed by atoms with Gasteiger partial charge in [0, 0.05) is 6.20 Å². The molecule has 0 bridgehead atoms. The monoisotopic (exact) mass is 354 g/mol. The highest BCUT2D eigenvalue weighted by molar-refractivity contribution is 7.98. The van der Waals surface area contributed by atoms with Crippen molar-refractivity contribution in [2.45, 2.75) is 18.0 Å². The normalized spacial score (nSPS) is 11.9. The molecule has 2 aromatic heterocycles. The molecule has 8 heteroatoms. The highest BCUT2D eigenvalue weighted by Crippen LogP contribution is 2.29. The minimum Gasteiger partial charge on any atom is -0.462 e. The average molecular weight is 354 g/mol. The molecule has 0 amide bonds. The molecule has 0 saturated carbocycles. The van der Waals surface area contributed by atoms with Gasteiger partial charge in [-0.1, -0.05) is 23.9 Å². The molecule has 0 spiro atoms. The van der Waals surface area contributed by atoms with Crippen molar-refractivity contribution in [1.29, 1.82) is 5.26 Å². The van der Waals surface area contributed by atoms with Gasteiger partial charge in [0.15, 0.2) is 16.7 Å². The fourth-order valence-corrected chi connectivity index (χ4v) is 2.66. The second-order valence-corrected chi connectivity index (χ2v) is 5.73. The van der Waals surface area contributed by atoms with Gasteiger partial charge in [-0.25, -0.2) is 19.7 Å². The van der Waals surface area contributed by atoms with Gasteiger partial charge in [0.2, 0.25) is 5.89 Å². The van der Waals surface area contributed by atoms with Crippen LogP contribution in [0.3, 0.4) is 0 Å². The Morgan fingerprint density at radius 3 is 2.88 bits per heavy atom. The standard InChI is InChI=1S/C17H14N4O3S/c1-3-23-16(22)11-9-19-17(25-2)21-14(11)10(8-18)15-20-12-6-4-5-7-13(12)24-15/h4-7,9-10H,3H2,1-2H3. The third kappa shape index (κ3) is 3.32. The topological polar surface area (TPSA) is 102 Å². The molecule has 0 N–H and O–H groups in total. The summed E-state index contributed by atoms with van der Waals surface area (Å²) in [5, 5.41) is 10.1. The number of esters is 1. The molecule has 0 aliphatic carbocycles. The predicted molar refractivity (Wildman–Crippen MR) is 91.2 cm³/mol. The summed E-state index contributed by atoms with van der Waals surface area (Å²) in [7, 11) is 0. The van der Waals surface area contributed by atoms with E-state index in [1.165, 1.54) is 18.0 Å². The number of hydrogen-bond donors (Lipinski definition) is 0. The van der Waals surface area contributed by atoms with Gasteiger partial charge in [-0.3, -0.25) is 0 Å². The summed E-state index contributed by atoms with van der Waals surface area (Å²) in [6.07, 6.45) is 3.18. The third-order valence-corrected chi connectivity index (χ3v) is 4.00. The third-order valence-electron chi connectivity index (χ3n) is 3.43. The first-order chi connectivity index (χ1) is 12.2. The van der Waals surface area contributed by atoms with Gasteiger partial charge in [-0.15, -0.1) is 0 Å². The molecule has 1 atom stereocenters. The van der Waals surface area contributed by atoms with Gasteiger partial charge in [0.25, 0.3) is 0 Å². The first kappa shape index (κ1) is 16.9. The number of carbonyl (C=O) groups excluding carboxylic acids is 1. The molecular formula is C17H14N4O3S. The van der Waals surface area contributed by atoms with Gasteiger partial charge in [0.05, 0.1) is 18.4 Å². The second-order valence-electron chi connectivity index (χ2n) is 4.96. The maximum absolute atomic E-state index is 12.2. The summed E-state index contributed by atoms with van der Waals surface area (Å²) in [5.41, 5.74) is 1.56. The van der Waals surface area contributed by atoms with Crippen LogP contribution in [0.25, 0.3) is 11.1 Å². The van der Waals surface area contributed by atoms with Gasteiger partial charge in [-0.05, 0) is 25.3 Å². The Hall–Kier alpha value is -2.92. The molecule has 1 unspecified atom stereocenters. The van der Waals surface area contributed by atoms with Crippen molar-refractivity contribution in [2.24, 2.45) is 0 Å². The first-order valence-corrected chi connectivity index (χ1v) is 8.73. The Balaban J connectivity index is 2.13. The molecule has 0 aliphatic rings. The number of oxazole rings is 1. The predicted octanol–water partition coefficient (Wildman–Crippen LogP) is 3.17. The lowest BCUT2D eigenvalue weighted by molar-refractivity contribution is 0.0523. The van der Waals surface area contributed by atoms with E-state index in [1.54, 1.807) is 19.1 Å². The van der Waals surface area contributed by atoms with Crippen LogP contribution in [0.15, 0.2) is 40.0 Å². The summed E-state index contributed by atoms with van der Waals surface area (Å²) < 4.78 is 10.7. The number of thioether (sulfide) groups is 1. The number of nitrogens with zero attached hydrogens (tertiary/aromatic N) is 4. The molecule has 7 nitrogen and oxygen atoms in total. The van der Waals surface area contributed by atoms with E-state index in [-0.39, 0.29) is 23.8 Å². The lowest BCUT2D eigenvalue weighted by Crippen LogP contribution is -2.14. The Morgan fingerprint density at radius 2 is 2.20 bits per heavy atom. The van der Waals surface area contributed by atoms with Crippen LogP contribution in [-0.2, 0) is 4.74 Å². The molecule has 3 rings (SSSR count). The maximum Gasteiger partial charge on any atom is 0.341 e. The van der Waals surface area contributed by atoms with Crippen molar-refractivity contribution < 1.29 is 13.9 Å². The van der Waals surface area contributed by atoms with Gasteiger partial charge in [0.1, 0.15) is 11.1 Å². The summed E-state index contributed by atoms with van der Waals surface area (Å²) in [5.74, 6) is -1.35. The van der Waals surface area contributed by atoms with Gasteiger partial charge in [-0.2, -0.15) is 5.26 Å². The van der Waals surface area contributed by atoms with Crippen LogP contribution in [0.1, 0.15) is 34.8 Å². The quantitative estimate of drug-likeness (QED) is 0.391. The van der Waals surface area contributed by atoms with Crippen molar-refractivity contribution in [2.75, 3.05) is 12.9 Å².